The summed E-state index contributed by atoms with van der Waals surface area (Å²) in [5.41, 5.74) is 1.07. The molecule has 0 aliphatic carbocycles. The van der Waals surface area contributed by atoms with Gasteiger partial charge in [0, 0.05) is 5.54 Å². The molecule has 0 aromatic heterocycles. The van der Waals surface area contributed by atoms with Crippen LogP contribution in [0.15, 0.2) is 48.5 Å². The lowest BCUT2D eigenvalue weighted by molar-refractivity contribution is -0.122. The van der Waals surface area contributed by atoms with Crippen LogP contribution in [0.5, 0.6) is 0 Å². The Morgan fingerprint density at radius 1 is 1.07 bits per heavy atom. The Morgan fingerprint density at radius 2 is 1.74 bits per heavy atom. The number of carbonyl (C=O) groups is 1. The second-order valence-corrected chi connectivity index (χ2v) is 7.68. The van der Waals surface area contributed by atoms with Gasteiger partial charge in [-0.05, 0) is 63.0 Å². The lowest BCUT2D eigenvalue weighted by atomic mass is 9.86. The van der Waals surface area contributed by atoms with Crippen molar-refractivity contribution in [3.8, 4) is 0 Å². The van der Waals surface area contributed by atoms with Crippen molar-refractivity contribution in [2.75, 3.05) is 13.1 Å². The van der Waals surface area contributed by atoms with Crippen LogP contribution in [-0.2, 0) is 11.2 Å². The summed E-state index contributed by atoms with van der Waals surface area (Å²) in [6, 6.07) is 12.9. The number of rotatable bonds is 6. The van der Waals surface area contributed by atoms with E-state index in [0.29, 0.717) is 5.56 Å². The van der Waals surface area contributed by atoms with Crippen molar-refractivity contribution in [1.82, 2.24) is 10.2 Å². The Bertz CT molecular complexity index is 786. The Kier molecular flexibility index (Phi) is 5.90. The van der Waals surface area contributed by atoms with Crippen LogP contribution < -0.4 is 5.32 Å². The maximum absolute atomic E-state index is 13.9. The molecule has 2 aromatic rings. The predicted molar refractivity (Wildman–Crippen MR) is 102 cm³/mol. The van der Waals surface area contributed by atoms with E-state index in [1.165, 1.54) is 6.07 Å². The minimum Gasteiger partial charge on any atom is -0.347 e. The summed E-state index contributed by atoms with van der Waals surface area (Å²) >= 11 is 0. The quantitative estimate of drug-likeness (QED) is 0.823. The number of halogens is 2. The molecule has 5 heteroatoms. The van der Waals surface area contributed by atoms with Crippen LogP contribution in [0.4, 0.5) is 8.78 Å². The summed E-state index contributed by atoms with van der Waals surface area (Å²) < 4.78 is 27.3. The Hall–Kier alpha value is -2.27. The van der Waals surface area contributed by atoms with E-state index in [-0.39, 0.29) is 12.3 Å². The number of nitrogens with one attached hydrogen (secondary N) is 1. The van der Waals surface area contributed by atoms with E-state index < -0.39 is 23.2 Å². The summed E-state index contributed by atoms with van der Waals surface area (Å²) in [7, 11) is 0. The molecule has 0 spiro atoms. The summed E-state index contributed by atoms with van der Waals surface area (Å²) in [4.78, 5) is 15.0. The van der Waals surface area contributed by atoms with Crippen LogP contribution in [-0.4, -0.2) is 29.4 Å². The van der Waals surface area contributed by atoms with Crippen molar-refractivity contribution in [1.29, 1.82) is 0 Å². The first-order valence-corrected chi connectivity index (χ1v) is 9.41. The number of hydrogen-bond acceptors (Lipinski definition) is 2. The second-order valence-electron chi connectivity index (χ2n) is 7.68. The molecule has 1 amide bonds. The average molecular weight is 372 g/mol. The van der Waals surface area contributed by atoms with Crippen LogP contribution in [0.25, 0.3) is 0 Å². The number of likely N-dealkylation sites (tertiary alicyclic amines) is 1. The average Bonchev–Trinajstić information content (AvgIpc) is 3.18. The highest BCUT2D eigenvalue weighted by molar-refractivity contribution is 5.79. The zero-order chi connectivity index (χ0) is 19.4. The molecule has 0 saturated carbocycles. The van der Waals surface area contributed by atoms with Gasteiger partial charge in [-0.3, -0.25) is 9.69 Å². The number of nitrogens with zero attached hydrogens (tertiary/aromatic N) is 1. The highest BCUT2D eigenvalue weighted by atomic mass is 19.2. The van der Waals surface area contributed by atoms with E-state index in [1.807, 2.05) is 44.2 Å². The van der Waals surface area contributed by atoms with Gasteiger partial charge in [0.15, 0.2) is 11.6 Å². The molecule has 1 unspecified atom stereocenters. The van der Waals surface area contributed by atoms with Crippen molar-refractivity contribution in [3.05, 3.63) is 71.3 Å². The molecule has 0 radical (unpaired) electrons. The first-order chi connectivity index (χ1) is 12.9. The molecule has 1 aliphatic rings. The predicted octanol–water partition coefficient (Wildman–Crippen LogP) is 4.24. The van der Waals surface area contributed by atoms with Gasteiger partial charge in [-0.2, -0.15) is 0 Å². The Labute approximate surface area is 159 Å². The van der Waals surface area contributed by atoms with E-state index >= 15 is 0 Å². The molecular weight excluding hydrogens is 346 g/mol. The van der Waals surface area contributed by atoms with Crippen molar-refractivity contribution in [3.63, 3.8) is 0 Å². The highest BCUT2D eigenvalue weighted by Gasteiger charge is 2.38. The van der Waals surface area contributed by atoms with Gasteiger partial charge in [0.1, 0.15) is 0 Å². The number of hydrogen-bond donors (Lipinski definition) is 1. The van der Waals surface area contributed by atoms with Gasteiger partial charge in [0.25, 0.3) is 0 Å². The van der Waals surface area contributed by atoms with Gasteiger partial charge >= 0.3 is 0 Å². The minimum absolute atomic E-state index is 0.136. The maximum Gasteiger partial charge on any atom is 0.224 e. The standard InChI is InChI=1S/C22H26F2N2O/c1-22(2,26-12-6-7-13-26)21(17-10-11-18(23)19(24)15-17)25-20(27)14-16-8-4-3-5-9-16/h3-5,8-11,15,21H,6-7,12-14H2,1-2H3,(H,25,27). The van der Waals surface area contributed by atoms with E-state index in [0.717, 1.165) is 37.6 Å². The van der Waals surface area contributed by atoms with Crippen LogP contribution in [0.1, 0.15) is 43.9 Å². The zero-order valence-electron chi connectivity index (χ0n) is 15.8. The van der Waals surface area contributed by atoms with Gasteiger partial charge in [-0.15, -0.1) is 0 Å². The molecule has 1 atom stereocenters. The van der Waals surface area contributed by atoms with Crippen LogP contribution in [0.2, 0.25) is 0 Å². The summed E-state index contributed by atoms with van der Waals surface area (Å²) in [6.45, 7) is 5.96. The Morgan fingerprint density at radius 3 is 2.37 bits per heavy atom. The van der Waals surface area contributed by atoms with Gasteiger partial charge in [0.05, 0.1) is 12.5 Å². The smallest absolute Gasteiger partial charge is 0.224 e. The topological polar surface area (TPSA) is 32.3 Å². The normalized spacial score (nSPS) is 16.3. The fourth-order valence-corrected chi connectivity index (χ4v) is 3.83. The third kappa shape index (κ3) is 4.53. The highest BCUT2D eigenvalue weighted by Crippen LogP contribution is 2.34. The van der Waals surface area contributed by atoms with Crippen molar-refractivity contribution < 1.29 is 13.6 Å². The lowest BCUT2D eigenvalue weighted by Gasteiger charge is -2.42. The number of carbonyl (C=O) groups excluding carboxylic acids is 1. The second kappa shape index (κ2) is 8.17. The van der Waals surface area contributed by atoms with E-state index in [1.54, 1.807) is 6.07 Å². The van der Waals surface area contributed by atoms with Crippen LogP contribution >= 0.6 is 0 Å². The fraction of sp³-hybridized carbons (Fsp3) is 0.409. The molecule has 3 nitrogen and oxygen atoms in total. The van der Waals surface area contributed by atoms with Crippen molar-refractivity contribution in [2.45, 2.75) is 44.7 Å². The molecule has 1 fully saturated rings. The number of amides is 1. The molecule has 1 heterocycles. The first kappa shape index (κ1) is 19.5. The van der Waals surface area contributed by atoms with Crippen LogP contribution in [0.3, 0.4) is 0 Å². The number of benzene rings is 2. The largest absolute Gasteiger partial charge is 0.347 e. The van der Waals surface area contributed by atoms with E-state index in [4.69, 9.17) is 0 Å². The zero-order valence-corrected chi connectivity index (χ0v) is 15.8. The SMILES string of the molecule is CC(C)(C(NC(=O)Cc1ccccc1)c1ccc(F)c(F)c1)N1CCCC1. The lowest BCUT2D eigenvalue weighted by Crippen LogP contribution is -2.53. The molecule has 1 aliphatic heterocycles. The first-order valence-electron chi connectivity index (χ1n) is 9.41. The van der Waals surface area contributed by atoms with E-state index in [2.05, 4.69) is 10.2 Å². The van der Waals surface area contributed by atoms with Gasteiger partial charge in [-0.25, -0.2) is 8.78 Å². The monoisotopic (exact) mass is 372 g/mol. The molecule has 1 saturated heterocycles. The molecule has 144 valence electrons. The third-order valence-corrected chi connectivity index (χ3v) is 5.42. The molecule has 0 bridgehead atoms. The molecule has 3 rings (SSSR count). The molecule has 2 aromatic carbocycles. The van der Waals surface area contributed by atoms with Crippen molar-refractivity contribution in [2.24, 2.45) is 0 Å². The molecular formula is C22H26F2N2O. The Balaban J connectivity index is 1.86. The van der Waals surface area contributed by atoms with Crippen molar-refractivity contribution >= 4 is 5.91 Å². The summed E-state index contributed by atoms with van der Waals surface area (Å²) in [5.74, 6) is -1.91. The third-order valence-electron chi connectivity index (χ3n) is 5.42. The molecule has 27 heavy (non-hydrogen) atoms. The van der Waals surface area contributed by atoms with Gasteiger partial charge in [-0.1, -0.05) is 36.4 Å². The molecule has 1 N–H and O–H groups in total. The summed E-state index contributed by atoms with van der Waals surface area (Å²) in [5, 5.41) is 3.08. The van der Waals surface area contributed by atoms with E-state index in [9.17, 15) is 13.6 Å². The maximum atomic E-state index is 13.9. The summed E-state index contributed by atoms with van der Waals surface area (Å²) in [6.07, 6.45) is 2.45. The van der Waals surface area contributed by atoms with Gasteiger partial charge in [0.2, 0.25) is 5.91 Å². The van der Waals surface area contributed by atoms with Gasteiger partial charge < -0.3 is 5.32 Å². The van der Waals surface area contributed by atoms with Crippen LogP contribution in [0, 0.1) is 11.6 Å². The minimum atomic E-state index is -0.896. The fourth-order valence-electron chi connectivity index (χ4n) is 3.83.